The van der Waals surface area contributed by atoms with E-state index in [0.717, 1.165) is 32.5 Å². The predicted octanol–water partition coefficient (Wildman–Crippen LogP) is 6.06. The Balaban J connectivity index is 2.11. The largest absolute Gasteiger partial charge is 0.495 e. The Morgan fingerprint density at radius 2 is 1.95 bits per heavy atom. The van der Waals surface area contributed by atoms with Crippen molar-refractivity contribution in [3.63, 3.8) is 0 Å². The summed E-state index contributed by atoms with van der Waals surface area (Å²) in [5.41, 5.74) is 2.45. The molecule has 1 N–H and O–H groups in total. The van der Waals surface area contributed by atoms with Crippen molar-refractivity contribution in [2.24, 2.45) is 0 Å². The number of anilines is 2. The van der Waals surface area contributed by atoms with Gasteiger partial charge >= 0.3 is 0 Å². The average molecular weight is 398 g/mol. The van der Waals surface area contributed by atoms with E-state index in [9.17, 15) is 0 Å². The molecule has 0 saturated heterocycles. The number of fused-ring (bicyclic) bond motifs is 1. The number of benzene rings is 2. The van der Waals surface area contributed by atoms with E-state index in [1.165, 1.54) is 0 Å². The molecule has 0 spiro atoms. The fraction of sp³-hybridized carbons (Fsp3) is 0.0625. The summed E-state index contributed by atoms with van der Waals surface area (Å²) in [5.74, 6) is 0.734. The van der Waals surface area contributed by atoms with Gasteiger partial charge in [0.2, 0.25) is 0 Å². The van der Waals surface area contributed by atoms with Gasteiger partial charge in [0.05, 0.1) is 32.8 Å². The molecule has 0 amide bonds. The molecule has 6 heteroatoms. The zero-order chi connectivity index (χ0) is 15.7. The van der Waals surface area contributed by atoms with E-state index < -0.39 is 0 Å². The van der Waals surface area contributed by atoms with Crippen molar-refractivity contribution >= 4 is 61.4 Å². The van der Waals surface area contributed by atoms with Gasteiger partial charge in [0.15, 0.2) is 0 Å². The molecule has 2 aromatic carbocycles. The standard InChI is InChI=1S/C16H11BrCl2N2O/c1-22-15-8-14-9(7-10(15)17)12(5-6-20-14)21-13-4-2-3-11(18)16(13)19/h2-8H,1H3,(H,20,21). The monoisotopic (exact) mass is 396 g/mol. The molecular formula is C16H11BrCl2N2O. The Kier molecular flexibility index (Phi) is 4.43. The minimum Gasteiger partial charge on any atom is -0.495 e. The van der Waals surface area contributed by atoms with Gasteiger partial charge in [-0.15, -0.1) is 0 Å². The van der Waals surface area contributed by atoms with E-state index in [4.69, 9.17) is 27.9 Å². The number of nitrogens with zero attached hydrogens (tertiary/aromatic N) is 1. The normalized spacial score (nSPS) is 10.7. The molecule has 3 rings (SSSR count). The second-order valence-corrected chi connectivity index (χ2v) is 6.23. The lowest BCUT2D eigenvalue weighted by molar-refractivity contribution is 0.412. The fourth-order valence-corrected chi connectivity index (χ4v) is 3.01. The molecule has 0 fully saturated rings. The summed E-state index contributed by atoms with van der Waals surface area (Å²) < 4.78 is 6.16. The first-order valence-corrected chi connectivity index (χ1v) is 7.98. The van der Waals surface area contributed by atoms with E-state index in [1.54, 1.807) is 19.4 Å². The van der Waals surface area contributed by atoms with Gasteiger partial charge in [-0.05, 0) is 40.2 Å². The zero-order valence-electron chi connectivity index (χ0n) is 11.5. The van der Waals surface area contributed by atoms with Gasteiger partial charge in [-0.3, -0.25) is 4.98 Å². The predicted molar refractivity (Wildman–Crippen MR) is 95.7 cm³/mol. The summed E-state index contributed by atoms with van der Waals surface area (Å²) >= 11 is 15.8. The first kappa shape index (κ1) is 15.4. The molecular weight excluding hydrogens is 387 g/mol. The van der Waals surface area contributed by atoms with E-state index in [1.807, 2.05) is 30.3 Å². The minimum atomic E-state index is 0.488. The molecule has 0 aliphatic heterocycles. The van der Waals surface area contributed by atoms with Crippen LogP contribution < -0.4 is 10.1 Å². The molecule has 3 aromatic rings. The highest BCUT2D eigenvalue weighted by Crippen LogP contribution is 2.36. The number of aromatic nitrogens is 1. The maximum Gasteiger partial charge on any atom is 0.135 e. The molecule has 1 aromatic heterocycles. The minimum absolute atomic E-state index is 0.488. The Morgan fingerprint density at radius 3 is 2.73 bits per heavy atom. The third kappa shape index (κ3) is 2.86. The van der Waals surface area contributed by atoms with Crippen LogP contribution in [0.4, 0.5) is 11.4 Å². The van der Waals surface area contributed by atoms with E-state index >= 15 is 0 Å². The van der Waals surface area contributed by atoms with Gasteiger partial charge < -0.3 is 10.1 Å². The number of pyridine rings is 1. The summed E-state index contributed by atoms with van der Waals surface area (Å²) in [5, 5.41) is 5.25. The van der Waals surface area contributed by atoms with Crippen molar-refractivity contribution in [3.8, 4) is 5.75 Å². The number of rotatable bonds is 3. The van der Waals surface area contributed by atoms with Gasteiger partial charge in [0.25, 0.3) is 0 Å². The van der Waals surface area contributed by atoms with Crippen LogP contribution in [-0.2, 0) is 0 Å². The molecule has 3 nitrogen and oxygen atoms in total. The summed E-state index contributed by atoms with van der Waals surface area (Å²) in [6.45, 7) is 0. The number of hydrogen-bond donors (Lipinski definition) is 1. The molecule has 0 saturated carbocycles. The summed E-state index contributed by atoms with van der Waals surface area (Å²) in [4.78, 5) is 4.37. The third-order valence-corrected chi connectivity index (χ3v) is 4.67. The SMILES string of the molecule is COc1cc2nccc(Nc3cccc(Cl)c3Cl)c2cc1Br. The van der Waals surface area contributed by atoms with E-state index in [2.05, 4.69) is 26.2 Å². The van der Waals surface area contributed by atoms with Gasteiger partial charge in [-0.25, -0.2) is 0 Å². The molecule has 22 heavy (non-hydrogen) atoms. The first-order valence-electron chi connectivity index (χ1n) is 6.43. The molecule has 0 unspecified atom stereocenters. The molecule has 112 valence electrons. The highest BCUT2D eigenvalue weighted by molar-refractivity contribution is 9.10. The third-order valence-electron chi connectivity index (χ3n) is 3.24. The van der Waals surface area contributed by atoms with Gasteiger partial charge in [0.1, 0.15) is 5.75 Å². The van der Waals surface area contributed by atoms with Crippen LogP contribution in [0.2, 0.25) is 10.0 Å². The number of methoxy groups -OCH3 is 1. The van der Waals surface area contributed by atoms with Crippen LogP contribution in [0.25, 0.3) is 10.9 Å². The highest BCUT2D eigenvalue weighted by atomic mass is 79.9. The van der Waals surface area contributed by atoms with Gasteiger partial charge in [0, 0.05) is 23.3 Å². The van der Waals surface area contributed by atoms with Gasteiger partial charge in [-0.1, -0.05) is 29.3 Å². The Labute approximate surface area is 146 Å². The fourth-order valence-electron chi connectivity index (χ4n) is 2.16. The molecule has 0 aliphatic rings. The zero-order valence-corrected chi connectivity index (χ0v) is 14.6. The Morgan fingerprint density at radius 1 is 1.14 bits per heavy atom. The summed E-state index contributed by atoms with van der Waals surface area (Å²) in [7, 11) is 1.62. The lowest BCUT2D eigenvalue weighted by atomic mass is 10.1. The Bertz CT molecular complexity index is 855. The molecule has 0 radical (unpaired) electrons. The maximum absolute atomic E-state index is 6.23. The van der Waals surface area contributed by atoms with Gasteiger partial charge in [-0.2, -0.15) is 0 Å². The molecule has 0 bridgehead atoms. The highest BCUT2D eigenvalue weighted by Gasteiger charge is 2.10. The van der Waals surface area contributed by atoms with Crippen molar-refractivity contribution < 1.29 is 4.74 Å². The smallest absolute Gasteiger partial charge is 0.135 e. The quantitative estimate of drug-likeness (QED) is 0.583. The van der Waals surface area contributed by atoms with Crippen molar-refractivity contribution in [1.82, 2.24) is 4.98 Å². The van der Waals surface area contributed by atoms with E-state index in [0.29, 0.717) is 10.0 Å². The van der Waals surface area contributed by atoms with Crippen molar-refractivity contribution in [2.45, 2.75) is 0 Å². The average Bonchev–Trinajstić information content (AvgIpc) is 2.52. The van der Waals surface area contributed by atoms with Crippen LogP contribution in [0.15, 0.2) is 47.1 Å². The van der Waals surface area contributed by atoms with Crippen LogP contribution in [-0.4, -0.2) is 12.1 Å². The van der Waals surface area contributed by atoms with E-state index in [-0.39, 0.29) is 0 Å². The first-order chi connectivity index (χ1) is 10.6. The number of nitrogens with one attached hydrogen (secondary N) is 1. The van der Waals surface area contributed by atoms with Crippen molar-refractivity contribution in [3.05, 3.63) is 57.1 Å². The second-order valence-electron chi connectivity index (χ2n) is 4.59. The number of hydrogen-bond acceptors (Lipinski definition) is 3. The van der Waals surface area contributed by atoms with Crippen LogP contribution in [0.1, 0.15) is 0 Å². The molecule has 1 heterocycles. The molecule has 0 atom stereocenters. The van der Waals surface area contributed by atoms with Crippen LogP contribution >= 0.6 is 39.1 Å². The lowest BCUT2D eigenvalue weighted by Gasteiger charge is -2.13. The topological polar surface area (TPSA) is 34.1 Å². The molecule has 0 aliphatic carbocycles. The number of ether oxygens (including phenoxy) is 1. The maximum atomic E-state index is 6.23. The summed E-state index contributed by atoms with van der Waals surface area (Å²) in [6.07, 6.45) is 1.73. The second kappa shape index (κ2) is 6.32. The Hall–Kier alpha value is -1.49. The van der Waals surface area contributed by atoms with Crippen LogP contribution in [0, 0.1) is 0 Å². The summed E-state index contributed by atoms with van der Waals surface area (Å²) in [6, 6.07) is 11.2. The van der Waals surface area contributed by atoms with Crippen LogP contribution in [0.5, 0.6) is 5.75 Å². The lowest BCUT2D eigenvalue weighted by Crippen LogP contribution is -1.94. The van der Waals surface area contributed by atoms with Crippen molar-refractivity contribution in [2.75, 3.05) is 12.4 Å². The number of halogens is 3. The van der Waals surface area contributed by atoms with Crippen molar-refractivity contribution in [1.29, 1.82) is 0 Å². The van der Waals surface area contributed by atoms with Crippen LogP contribution in [0.3, 0.4) is 0 Å².